The highest BCUT2D eigenvalue weighted by Crippen LogP contribution is 2.18. The average Bonchev–Trinajstić information content (AvgIpc) is 2.13. The number of rotatable bonds is 3. The standard InChI is InChI=1S/C9H9BrN2O2S/c1-15(13,14)12-9(6-11)7-3-2-4-8(10)5-7/h2-5,9,12H,1H3. The lowest BCUT2D eigenvalue weighted by atomic mass is 10.1. The maximum atomic E-state index is 11.0. The summed E-state index contributed by atoms with van der Waals surface area (Å²) in [5, 5.41) is 8.84. The third kappa shape index (κ3) is 4.00. The Kier molecular flexibility index (Phi) is 3.85. The van der Waals surface area contributed by atoms with Gasteiger partial charge in [-0.2, -0.15) is 9.98 Å². The lowest BCUT2D eigenvalue weighted by molar-refractivity contribution is 0.581. The predicted molar refractivity (Wildman–Crippen MR) is 60.5 cm³/mol. The molecule has 0 aliphatic heterocycles. The molecule has 0 aliphatic rings. The van der Waals surface area contributed by atoms with Gasteiger partial charge in [-0.1, -0.05) is 28.1 Å². The normalized spacial score (nSPS) is 13.1. The van der Waals surface area contributed by atoms with Crippen LogP contribution in [0.3, 0.4) is 0 Å². The summed E-state index contributed by atoms with van der Waals surface area (Å²) in [6.07, 6.45) is 1.02. The van der Waals surface area contributed by atoms with Crippen LogP contribution in [-0.4, -0.2) is 14.7 Å². The number of nitrogens with one attached hydrogen (secondary N) is 1. The van der Waals surface area contributed by atoms with Crippen LogP contribution in [-0.2, 0) is 10.0 Å². The Morgan fingerprint density at radius 2 is 2.20 bits per heavy atom. The molecule has 0 aliphatic carbocycles. The summed E-state index contributed by atoms with van der Waals surface area (Å²) in [5.41, 5.74) is 0.609. The smallest absolute Gasteiger partial charge is 0.210 e. The molecule has 0 heterocycles. The molecule has 0 saturated carbocycles. The molecule has 6 heteroatoms. The van der Waals surface area contributed by atoms with Gasteiger partial charge in [-0.25, -0.2) is 8.42 Å². The van der Waals surface area contributed by atoms with E-state index in [4.69, 9.17) is 5.26 Å². The summed E-state index contributed by atoms with van der Waals surface area (Å²) in [5.74, 6) is 0. The second kappa shape index (κ2) is 4.75. The lowest BCUT2D eigenvalue weighted by Gasteiger charge is -2.09. The van der Waals surface area contributed by atoms with Crippen LogP contribution in [0.2, 0.25) is 0 Å². The summed E-state index contributed by atoms with van der Waals surface area (Å²) in [4.78, 5) is 0. The monoisotopic (exact) mass is 288 g/mol. The largest absolute Gasteiger partial charge is 0.213 e. The van der Waals surface area contributed by atoms with Crippen molar-refractivity contribution in [2.75, 3.05) is 6.26 Å². The number of sulfonamides is 1. The highest BCUT2D eigenvalue weighted by atomic mass is 79.9. The molecule has 0 bridgehead atoms. The molecule has 0 fully saturated rings. The maximum Gasteiger partial charge on any atom is 0.210 e. The van der Waals surface area contributed by atoms with Crippen LogP contribution in [0.15, 0.2) is 28.7 Å². The van der Waals surface area contributed by atoms with Crippen LogP contribution < -0.4 is 4.72 Å². The maximum absolute atomic E-state index is 11.0. The Morgan fingerprint density at radius 1 is 1.53 bits per heavy atom. The van der Waals surface area contributed by atoms with Crippen LogP contribution in [0.25, 0.3) is 0 Å². The molecule has 80 valence electrons. The molecule has 1 N–H and O–H groups in total. The minimum absolute atomic E-state index is 0.609. The molecule has 4 nitrogen and oxygen atoms in total. The fourth-order valence-corrected chi connectivity index (χ4v) is 2.10. The summed E-state index contributed by atoms with van der Waals surface area (Å²) in [6.45, 7) is 0. The average molecular weight is 289 g/mol. The van der Waals surface area contributed by atoms with E-state index in [9.17, 15) is 8.42 Å². The van der Waals surface area contributed by atoms with Gasteiger partial charge >= 0.3 is 0 Å². The van der Waals surface area contributed by atoms with Gasteiger partial charge < -0.3 is 0 Å². The molecule has 1 aromatic rings. The third-order valence-corrected chi connectivity index (χ3v) is 2.80. The van der Waals surface area contributed by atoms with Crippen LogP contribution >= 0.6 is 15.9 Å². The van der Waals surface area contributed by atoms with E-state index in [1.165, 1.54) is 0 Å². The van der Waals surface area contributed by atoms with Crippen LogP contribution in [0.1, 0.15) is 11.6 Å². The van der Waals surface area contributed by atoms with Gasteiger partial charge in [0.15, 0.2) is 0 Å². The minimum atomic E-state index is -3.38. The van der Waals surface area contributed by atoms with Crippen LogP contribution in [0, 0.1) is 11.3 Å². The van der Waals surface area contributed by atoms with Gasteiger partial charge in [0.05, 0.1) is 12.3 Å². The first kappa shape index (κ1) is 12.2. The van der Waals surface area contributed by atoms with Crippen molar-refractivity contribution < 1.29 is 8.42 Å². The Bertz CT molecular complexity index is 493. The third-order valence-electron chi connectivity index (χ3n) is 1.64. The van der Waals surface area contributed by atoms with Crippen LogP contribution in [0.4, 0.5) is 0 Å². The Hall–Kier alpha value is -0.900. The molecule has 1 rings (SSSR count). The Labute approximate surface area is 97.1 Å². The second-order valence-electron chi connectivity index (χ2n) is 3.01. The van der Waals surface area contributed by atoms with Crippen molar-refractivity contribution in [3.05, 3.63) is 34.3 Å². The minimum Gasteiger partial charge on any atom is -0.213 e. The fourth-order valence-electron chi connectivity index (χ4n) is 1.07. The topological polar surface area (TPSA) is 70.0 Å². The van der Waals surface area contributed by atoms with E-state index in [0.29, 0.717) is 5.56 Å². The van der Waals surface area contributed by atoms with Crippen molar-refractivity contribution >= 4 is 26.0 Å². The summed E-state index contributed by atoms with van der Waals surface area (Å²) in [6, 6.07) is 7.98. The van der Waals surface area contributed by atoms with Gasteiger partial charge in [0.1, 0.15) is 6.04 Å². The first-order chi connectivity index (χ1) is 6.92. The fraction of sp³-hybridized carbons (Fsp3) is 0.222. The van der Waals surface area contributed by atoms with E-state index in [-0.39, 0.29) is 0 Å². The van der Waals surface area contributed by atoms with Gasteiger partial charge in [0.2, 0.25) is 10.0 Å². The van der Waals surface area contributed by atoms with Crippen molar-refractivity contribution in [3.8, 4) is 6.07 Å². The van der Waals surface area contributed by atoms with Gasteiger partial charge in [-0.05, 0) is 17.7 Å². The number of nitriles is 1. The zero-order valence-corrected chi connectivity index (χ0v) is 10.3. The SMILES string of the molecule is CS(=O)(=O)NC(C#N)c1cccc(Br)c1. The van der Waals surface area contributed by atoms with Gasteiger partial charge in [0, 0.05) is 4.47 Å². The lowest BCUT2D eigenvalue weighted by Crippen LogP contribution is -2.26. The van der Waals surface area contributed by atoms with Crippen molar-refractivity contribution in [1.82, 2.24) is 4.72 Å². The number of hydrogen-bond donors (Lipinski definition) is 1. The summed E-state index contributed by atoms with van der Waals surface area (Å²) >= 11 is 3.25. The van der Waals surface area contributed by atoms with E-state index < -0.39 is 16.1 Å². The van der Waals surface area contributed by atoms with E-state index in [2.05, 4.69) is 20.7 Å². The highest BCUT2D eigenvalue weighted by Gasteiger charge is 2.14. The van der Waals surface area contributed by atoms with Crippen molar-refractivity contribution in [2.45, 2.75) is 6.04 Å². The Balaban J connectivity index is 3.00. The van der Waals surface area contributed by atoms with Gasteiger partial charge in [-0.3, -0.25) is 0 Å². The number of halogens is 1. The quantitative estimate of drug-likeness (QED) is 0.918. The Morgan fingerprint density at radius 3 is 2.67 bits per heavy atom. The molecule has 0 amide bonds. The molecule has 1 unspecified atom stereocenters. The van der Waals surface area contributed by atoms with Crippen LogP contribution in [0.5, 0.6) is 0 Å². The molecule has 15 heavy (non-hydrogen) atoms. The molecule has 0 spiro atoms. The first-order valence-electron chi connectivity index (χ1n) is 4.05. The van der Waals surface area contributed by atoms with Crippen molar-refractivity contribution in [2.24, 2.45) is 0 Å². The molecule has 1 aromatic carbocycles. The first-order valence-corrected chi connectivity index (χ1v) is 6.73. The molecule has 0 saturated heterocycles. The number of benzene rings is 1. The predicted octanol–water partition coefficient (Wildman–Crippen LogP) is 1.56. The van der Waals surface area contributed by atoms with Crippen molar-refractivity contribution in [1.29, 1.82) is 5.26 Å². The highest BCUT2D eigenvalue weighted by molar-refractivity contribution is 9.10. The second-order valence-corrected chi connectivity index (χ2v) is 5.70. The molecular weight excluding hydrogens is 280 g/mol. The van der Waals surface area contributed by atoms with E-state index in [1.54, 1.807) is 24.3 Å². The van der Waals surface area contributed by atoms with E-state index in [0.717, 1.165) is 10.7 Å². The van der Waals surface area contributed by atoms with Gasteiger partial charge in [0.25, 0.3) is 0 Å². The molecule has 0 aromatic heterocycles. The van der Waals surface area contributed by atoms with E-state index in [1.807, 2.05) is 6.07 Å². The zero-order valence-electron chi connectivity index (χ0n) is 7.94. The number of nitrogens with zero attached hydrogens (tertiary/aromatic N) is 1. The van der Waals surface area contributed by atoms with Crippen molar-refractivity contribution in [3.63, 3.8) is 0 Å². The molecule has 1 atom stereocenters. The van der Waals surface area contributed by atoms with Gasteiger partial charge in [-0.15, -0.1) is 0 Å². The molecule has 0 radical (unpaired) electrons. The molecular formula is C9H9BrN2O2S. The zero-order chi connectivity index (χ0) is 11.5. The summed E-state index contributed by atoms with van der Waals surface area (Å²) < 4.78 is 25.0. The summed E-state index contributed by atoms with van der Waals surface area (Å²) in [7, 11) is -3.38. The number of hydrogen-bond acceptors (Lipinski definition) is 3. The van der Waals surface area contributed by atoms with E-state index >= 15 is 0 Å².